The Hall–Kier alpha value is -2.42. The standard InChI is InChI=1S/C14H17BN2O2.C8H5BrN2/c1-13(2)14(3,4)19-15(18-13)11-5-6-12-10(9-11)7-8-16-17-12;9-7-1-2-8-6(5-7)3-4-10-11-8/h5-9H,1-4H3;1-5H. The SMILES string of the molecule is Brc1ccc2nnccc2c1.CC1(C)OB(c2ccc3nnccc3c2)OC1(C)C. The molecule has 2 aromatic carbocycles. The number of hydrogen-bond donors (Lipinski definition) is 0. The molecule has 30 heavy (non-hydrogen) atoms. The maximum absolute atomic E-state index is 6.04. The van der Waals surface area contributed by atoms with Crippen LogP contribution in [0.25, 0.3) is 21.8 Å². The van der Waals surface area contributed by atoms with Crippen molar-refractivity contribution >= 4 is 50.3 Å². The molecule has 1 aliphatic heterocycles. The predicted molar refractivity (Wildman–Crippen MR) is 122 cm³/mol. The van der Waals surface area contributed by atoms with Gasteiger partial charge in [-0.15, -0.1) is 0 Å². The number of aromatic nitrogens is 4. The van der Waals surface area contributed by atoms with Gasteiger partial charge >= 0.3 is 7.12 Å². The largest absolute Gasteiger partial charge is 0.494 e. The molecule has 0 radical (unpaired) electrons. The Morgan fingerprint density at radius 3 is 1.87 bits per heavy atom. The van der Waals surface area contributed by atoms with Crippen molar-refractivity contribution in [2.24, 2.45) is 0 Å². The lowest BCUT2D eigenvalue weighted by Gasteiger charge is -2.32. The fourth-order valence-corrected chi connectivity index (χ4v) is 3.47. The van der Waals surface area contributed by atoms with Crippen molar-refractivity contribution in [3.8, 4) is 0 Å². The van der Waals surface area contributed by atoms with Gasteiger partial charge < -0.3 is 9.31 Å². The van der Waals surface area contributed by atoms with Crippen molar-refractivity contribution in [1.29, 1.82) is 0 Å². The van der Waals surface area contributed by atoms with Gasteiger partial charge in [-0.2, -0.15) is 20.4 Å². The van der Waals surface area contributed by atoms with Crippen molar-refractivity contribution in [2.45, 2.75) is 38.9 Å². The second-order valence-corrected chi connectivity index (χ2v) is 9.09. The summed E-state index contributed by atoms with van der Waals surface area (Å²) in [7, 11) is -0.331. The van der Waals surface area contributed by atoms with Gasteiger partial charge in [-0.05, 0) is 69.6 Å². The Morgan fingerprint density at radius 1 is 0.733 bits per heavy atom. The monoisotopic (exact) mass is 464 g/mol. The van der Waals surface area contributed by atoms with Crippen LogP contribution in [-0.2, 0) is 9.31 Å². The van der Waals surface area contributed by atoms with E-state index < -0.39 is 0 Å². The topological polar surface area (TPSA) is 70.0 Å². The van der Waals surface area contributed by atoms with E-state index in [0.29, 0.717) is 0 Å². The van der Waals surface area contributed by atoms with Crippen LogP contribution in [0.5, 0.6) is 0 Å². The van der Waals surface area contributed by atoms with Gasteiger partial charge in [0.2, 0.25) is 0 Å². The third-order valence-electron chi connectivity index (χ3n) is 5.54. The Bertz CT molecular complexity index is 1190. The Balaban J connectivity index is 0.000000168. The van der Waals surface area contributed by atoms with Crippen molar-refractivity contribution in [3.05, 3.63) is 65.4 Å². The number of rotatable bonds is 1. The molecule has 8 heteroatoms. The van der Waals surface area contributed by atoms with Crippen LogP contribution in [0.4, 0.5) is 0 Å². The highest BCUT2D eigenvalue weighted by molar-refractivity contribution is 9.10. The zero-order chi connectivity index (χ0) is 21.4. The van der Waals surface area contributed by atoms with E-state index in [1.165, 1.54) is 0 Å². The number of halogens is 1. The summed E-state index contributed by atoms with van der Waals surface area (Å²) in [5.74, 6) is 0. The molecule has 0 bridgehead atoms. The molecule has 1 saturated heterocycles. The summed E-state index contributed by atoms with van der Waals surface area (Å²) >= 11 is 3.38. The summed E-state index contributed by atoms with van der Waals surface area (Å²) in [5.41, 5.74) is 2.18. The van der Waals surface area contributed by atoms with Crippen LogP contribution in [0.1, 0.15) is 27.7 Å². The fourth-order valence-electron chi connectivity index (χ4n) is 3.09. The van der Waals surface area contributed by atoms with Gasteiger partial charge in [0.05, 0.1) is 34.6 Å². The summed E-state index contributed by atoms with van der Waals surface area (Å²) < 4.78 is 13.1. The summed E-state index contributed by atoms with van der Waals surface area (Å²) in [6.07, 6.45) is 3.38. The summed E-state index contributed by atoms with van der Waals surface area (Å²) in [6, 6.07) is 15.8. The van der Waals surface area contributed by atoms with E-state index in [0.717, 1.165) is 31.7 Å². The van der Waals surface area contributed by atoms with Gasteiger partial charge in [-0.1, -0.05) is 28.1 Å². The molecule has 3 heterocycles. The highest BCUT2D eigenvalue weighted by atomic mass is 79.9. The molecule has 1 fully saturated rings. The smallest absolute Gasteiger partial charge is 0.399 e. The molecule has 1 aliphatic rings. The average molecular weight is 465 g/mol. The van der Waals surface area contributed by atoms with Crippen LogP contribution in [-0.4, -0.2) is 38.7 Å². The Kier molecular flexibility index (Phi) is 5.57. The van der Waals surface area contributed by atoms with Crippen molar-refractivity contribution in [1.82, 2.24) is 20.4 Å². The minimum atomic E-state index is -0.331. The lowest BCUT2D eigenvalue weighted by atomic mass is 9.78. The van der Waals surface area contributed by atoms with Gasteiger partial charge in [-0.3, -0.25) is 0 Å². The van der Waals surface area contributed by atoms with E-state index in [1.807, 2.05) is 48.5 Å². The maximum Gasteiger partial charge on any atom is 0.494 e. The molecule has 0 unspecified atom stereocenters. The minimum Gasteiger partial charge on any atom is -0.399 e. The van der Waals surface area contributed by atoms with Gasteiger partial charge in [0.15, 0.2) is 0 Å². The zero-order valence-electron chi connectivity index (χ0n) is 17.3. The van der Waals surface area contributed by atoms with E-state index in [4.69, 9.17) is 9.31 Å². The summed E-state index contributed by atoms with van der Waals surface area (Å²) in [6.45, 7) is 8.22. The minimum absolute atomic E-state index is 0.316. The van der Waals surface area contributed by atoms with Gasteiger partial charge in [0.1, 0.15) is 0 Å². The van der Waals surface area contributed by atoms with E-state index in [2.05, 4.69) is 64.0 Å². The molecule has 0 saturated carbocycles. The first kappa shape index (κ1) is 20.8. The fraction of sp³-hybridized carbons (Fsp3) is 0.273. The molecule has 5 rings (SSSR count). The Labute approximate surface area is 184 Å². The molecule has 0 aliphatic carbocycles. The van der Waals surface area contributed by atoms with Crippen molar-refractivity contribution < 1.29 is 9.31 Å². The van der Waals surface area contributed by atoms with E-state index in [9.17, 15) is 0 Å². The van der Waals surface area contributed by atoms with Crippen molar-refractivity contribution in [3.63, 3.8) is 0 Å². The van der Waals surface area contributed by atoms with E-state index in [-0.39, 0.29) is 18.3 Å². The molecule has 4 aromatic rings. The van der Waals surface area contributed by atoms with Crippen LogP contribution in [0, 0.1) is 0 Å². The Morgan fingerprint density at radius 2 is 1.27 bits per heavy atom. The number of nitrogens with zero attached hydrogens (tertiary/aromatic N) is 4. The third-order valence-corrected chi connectivity index (χ3v) is 6.03. The second-order valence-electron chi connectivity index (χ2n) is 8.17. The summed E-state index contributed by atoms with van der Waals surface area (Å²) in [5, 5.41) is 17.8. The first-order chi connectivity index (χ1) is 14.2. The lowest BCUT2D eigenvalue weighted by molar-refractivity contribution is 0.00578. The molecule has 2 aromatic heterocycles. The molecular weight excluding hydrogens is 443 g/mol. The molecule has 0 amide bonds. The first-order valence-electron chi connectivity index (χ1n) is 9.69. The molecule has 0 spiro atoms. The maximum atomic E-state index is 6.04. The van der Waals surface area contributed by atoms with Gasteiger partial charge in [0.25, 0.3) is 0 Å². The molecule has 152 valence electrons. The number of benzene rings is 2. The third kappa shape index (κ3) is 4.21. The van der Waals surface area contributed by atoms with E-state index in [1.54, 1.807) is 12.4 Å². The summed E-state index contributed by atoms with van der Waals surface area (Å²) in [4.78, 5) is 0. The number of fused-ring (bicyclic) bond motifs is 2. The van der Waals surface area contributed by atoms with Crippen LogP contribution >= 0.6 is 15.9 Å². The highest BCUT2D eigenvalue weighted by Gasteiger charge is 2.51. The molecule has 0 N–H and O–H groups in total. The molecule has 6 nitrogen and oxygen atoms in total. The zero-order valence-corrected chi connectivity index (χ0v) is 18.9. The lowest BCUT2D eigenvalue weighted by Crippen LogP contribution is -2.41. The van der Waals surface area contributed by atoms with Gasteiger partial charge in [0, 0.05) is 15.2 Å². The van der Waals surface area contributed by atoms with Crippen LogP contribution in [0.2, 0.25) is 0 Å². The normalized spacial score (nSPS) is 17.0. The second kappa shape index (κ2) is 8.02. The van der Waals surface area contributed by atoms with Crippen LogP contribution in [0.3, 0.4) is 0 Å². The van der Waals surface area contributed by atoms with Gasteiger partial charge in [-0.25, -0.2) is 0 Å². The van der Waals surface area contributed by atoms with E-state index >= 15 is 0 Å². The number of hydrogen-bond acceptors (Lipinski definition) is 6. The molecular formula is C22H22BBrN4O2. The van der Waals surface area contributed by atoms with Crippen LogP contribution in [0.15, 0.2) is 65.4 Å². The predicted octanol–water partition coefficient (Wildman–Crippen LogP) is 4.32. The quantitative estimate of drug-likeness (QED) is 0.390. The average Bonchev–Trinajstić information content (AvgIpc) is 2.95. The molecule has 0 atom stereocenters. The highest BCUT2D eigenvalue weighted by Crippen LogP contribution is 2.36. The van der Waals surface area contributed by atoms with Crippen molar-refractivity contribution in [2.75, 3.05) is 0 Å². The van der Waals surface area contributed by atoms with Crippen LogP contribution < -0.4 is 5.46 Å². The first-order valence-corrected chi connectivity index (χ1v) is 10.5.